The van der Waals surface area contributed by atoms with Crippen molar-refractivity contribution in [3.05, 3.63) is 29.8 Å². The first kappa shape index (κ1) is 19.9. The van der Waals surface area contributed by atoms with Crippen LogP contribution in [0.2, 0.25) is 0 Å². The molecule has 0 aliphatic carbocycles. The van der Waals surface area contributed by atoms with Crippen molar-refractivity contribution in [2.75, 3.05) is 29.9 Å². The zero-order valence-electron chi connectivity index (χ0n) is 15.7. The lowest BCUT2D eigenvalue weighted by molar-refractivity contribution is -0.116. The molecule has 5 nitrogen and oxygen atoms in total. The van der Waals surface area contributed by atoms with Gasteiger partial charge in [0.05, 0.1) is 11.5 Å². The van der Waals surface area contributed by atoms with Gasteiger partial charge < -0.3 is 5.32 Å². The van der Waals surface area contributed by atoms with E-state index < -0.39 is 9.84 Å². The molecule has 6 heteroatoms. The maximum absolute atomic E-state index is 12.2. The predicted octanol–water partition coefficient (Wildman–Crippen LogP) is 2.82. The molecule has 1 saturated heterocycles. The normalized spacial score (nSPS) is 20.0. The average Bonchev–Trinajstić information content (AvgIpc) is 2.87. The van der Waals surface area contributed by atoms with Gasteiger partial charge in [-0.15, -0.1) is 0 Å². The number of anilines is 1. The molecule has 1 atom stereocenters. The first-order valence-corrected chi connectivity index (χ1v) is 10.8. The van der Waals surface area contributed by atoms with Crippen molar-refractivity contribution in [1.82, 2.24) is 4.90 Å². The van der Waals surface area contributed by atoms with Crippen molar-refractivity contribution >= 4 is 21.4 Å². The highest BCUT2D eigenvalue weighted by molar-refractivity contribution is 7.91. The highest BCUT2D eigenvalue weighted by Crippen LogP contribution is 2.23. The zero-order valence-corrected chi connectivity index (χ0v) is 16.5. The second-order valence-corrected chi connectivity index (χ2v) is 10.0. The zero-order chi connectivity index (χ0) is 18.7. The number of sulfone groups is 1. The molecule has 0 aromatic heterocycles. The molecule has 0 saturated carbocycles. The van der Waals surface area contributed by atoms with Crippen LogP contribution in [0, 0.1) is 0 Å². The quantitative estimate of drug-likeness (QED) is 0.841. The number of amides is 1. The number of nitrogens with one attached hydrogen (secondary N) is 1. The fourth-order valence-electron chi connectivity index (χ4n) is 3.18. The first-order chi connectivity index (χ1) is 11.6. The van der Waals surface area contributed by atoms with Crippen LogP contribution in [0.1, 0.15) is 46.1 Å². The Labute approximate surface area is 151 Å². The van der Waals surface area contributed by atoms with Crippen LogP contribution in [0.4, 0.5) is 5.69 Å². The maximum Gasteiger partial charge on any atom is 0.225 e. The lowest BCUT2D eigenvalue weighted by atomic mass is 9.87. The number of nitrogens with zero attached hydrogens (tertiary/aromatic N) is 1. The third kappa shape index (κ3) is 5.82. The molecule has 1 aromatic rings. The molecule has 1 heterocycles. The Bertz CT molecular complexity index is 690. The Morgan fingerprint density at radius 3 is 2.36 bits per heavy atom. The lowest BCUT2D eigenvalue weighted by Crippen LogP contribution is -2.38. The summed E-state index contributed by atoms with van der Waals surface area (Å²) in [7, 11) is -2.90. The van der Waals surface area contributed by atoms with Crippen LogP contribution in [0.3, 0.4) is 0 Å². The summed E-state index contributed by atoms with van der Waals surface area (Å²) < 4.78 is 23.3. The van der Waals surface area contributed by atoms with Crippen LogP contribution < -0.4 is 5.32 Å². The molecule has 0 spiro atoms. The second-order valence-electron chi connectivity index (χ2n) is 7.81. The molecule has 1 aliphatic heterocycles. The molecule has 0 bridgehead atoms. The van der Waals surface area contributed by atoms with E-state index in [-0.39, 0.29) is 28.9 Å². The van der Waals surface area contributed by atoms with Crippen LogP contribution >= 0.6 is 0 Å². The summed E-state index contributed by atoms with van der Waals surface area (Å²) in [6.45, 7) is 9.82. The van der Waals surface area contributed by atoms with E-state index in [0.29, 0.717) is 19.4 Å². The van der Waals surface area contributed by atoms with E-state index in [9.17, 15) is 13.2 Å². The van der Waals surface area contributed by atoms with Crippen LogP contribution in [0.15, 0.2) is 24.3 Å². The Morgan fingerprint density at radius 2 is 1.88 bits per heavy atom. The Kier molecular flexibility index (Phi) is 6.27. The number of hydrogen-bond acceptors (Lipinski definition) is 4. The largest absolute Gasteiger partial charge is 0.326 e. The first-order valence-electron chi connectivity index (χ1n) is 8.95. The molecular weight excluding hydrogens is 336 g/mol. The number of rotatable bonds is 6. The molecule has 1 unspecified atom stereocenters. The molecule has 1 aromatic carbocycles. The molecule has 140 valence electrons. The van der Waals surface area contributed by atoms with Gasteiger partial charge in [-0.25, -0.2) is 8.42 Å². The van der Waals surface area contributed by atoms with E-state index in [4.69, 9.17) is 0 Å². The summed E-state index contributed by atoms with van der Waals surface area (Å²) in [5.41, 5.74) is 2.11. The highest BCUT2D eigenvalue weighted by atomic mass is 32.2. The fourth-order valence-corrected chi connectivity index (χ4v) is 4.95. The van der Waals surface area contributed by atoms with Crippen molar-refractivity contribution in [2.24, 2.45) is 0 Å². The summed E-state index contributed by atoms with van der Waals surface area (Å²) in [5.74, 6) is 0.444. The fraction of sp³-hybridized carbons (Fsp3) is 0.632. The summed E-state index contributed by atoms with van der Waals surface area (Å²) in [4.78, 5) is 14.3. The SMILES string of the molecule is CCN(CCC(=O)Nc1ccc(C(C)(C)C)cc1)C1CCS(=O)(=O)C1. The van der Waals surface area contributed by atoms with Gasteiger partial charge in [0, 0.05) is 24.7 Å². The molecule has 1 fully saturated rings. The minimum absolute atomic E-state index is 0.0391. The summed E-state index contributed by atoms with van der Waals surface area (Å²) >= 11 is 0. The van der Waals surface area contributed by atoms with E-state index in [0.717, 1.165) is 12.2 Å². The van der Waals surface area contributed by atoms with Crippen molar-refractivity contribution in [2.45, 2.75) is 52.0 Å². The Hall–Kier alpha value is -1.40. The van der Waals surface area contributed by atoms with E-state index in [1.54, 1.807) is 0 Å². The van der Waals surface area contributed by atoms with Gasteiger partial charge >= 0.3 is 0 Å². The van der Waals surface area contributed by atoms with Crippen LogP contribution in [0.5, 0.6) is 0 Å². The third-order valence-corrected chi connectivity index (χ3v) is 6.54. The van der Waals surface area contributed by atoms with Gasteiger partial charge in [-0.05, 0) is 36.1 Å². The van der Waals surface area contributed by atoms with Crippen molar-refractivity contribution < 1.29 is 13.2 Å². The van der Waals surface area contributed by atoms with Crippen molar-refractivity contribution in [3.8, 4) is 0 Å². The third-order valence-electron chi connectivity index (χ3n) is 4.79. The van der Waals surface area contributed by atoms with Gasteiger partial charge in [0.15, 0.2) is 9.84 Å². The van der Waals surface area contributed by atoms with Crippen LogP contribution in [0.25, 0.3) is 0 Å². The van der Waals surface area contributed by atoms with Gasteiger partial charge in [-0.2, -0.15) is 0 Å². The predicted molar refractivity (Wildman–Crippen MR) is 103 cm³/mol. The summed E-state index contributed by atoms with van der Waals surface area (Å²) in [5, 5.41) is 2.92. The van der Waals surface area contributed by atoms with Crippen molar-refractivity contribution in [3.63, 3.8) is 0 Å². The van der Waals surface area contributed by atoms with Gasteiger partial charge in [-0.3, -0.25) is 9.69 Å². The molecule has 2 rings (SSSR count). The minimum Gasteiger partial charge on any atom is -0.326 e. The molecule has 1 aliphatic rings. The van der Waals surface area contributed by atoms with Crippen molar-refractivity contribution in [1.29, 1.82) is 0 Å². The maximum atomic E-state index is 12.2. The van der Waals surface area contributed by atoms with E-state index >= 15 is 0 Å². The number of carbonyl (C=O) groups is 1. The number of hydrogen-bond donors (Lipinski definition) is 1. The number of carbonyl (C=O) groups excluding carboxylic acids is 1. The number of benzene rings is 1. The lowest BCUT2D eigenvalue weighted by Gasteiger charge is -2.26. The molecule has 25 heavy (non-hydrogen) atoms. The Morgan fingerprint density at radius 1 is 1.24 bits per heavy atom. The molecule has 0 radical (unpaired) electrons. The van der Waals surface area contributed by atoms with E-state index in [1.807, 2.05) is 31.2 Å². The summed E-state index contributed by atoms with van der Waals surface area (Å²) in [6.07, 6.45) is 1.04. The van der Waals surface area contributed by atoms with Crippen LogP contribution in [-0.2, 0) is 20.0 Å². The summed E-state index contributed by atoms with van der Waals surface area (Å²) in [6, 6.07) is 7.99. The topological polar surface area (TPSA) is 66.5 Å². The standard InChI is InChI=1S/C19H30N2O3S/c1-5-21(17-11-13-25(23,24)14-17)12-10-18(22)20-16-8-6-15(7-9-16)19(2,3)4/h6-9,17H,5,10-14H2,1-4H3,(H,20,22). The average molecular weight is 367 g/mol. The van der Waals surface area contributed by atoms with Crippen LogP contribution in [-0.4, -0.2) is 49.9 Å². The molecule has 1 N–H and O–H groups in total. The second kappa shape index (κ2) is 7.87. The van der Waals surface area contributed by atoms with Gasteiger partial charge in [0.25, 0.3) is 0 Å². The van der Waals surface area contributed by atoms with Gasteiger partial charge in [0.1, 0.15) is 0 Å². The van der Waals surface area contributed by atoms with E-state index in [1.165, 1.54) is 5.56 Å². The smallest absolute Gasteiger partial charge is 0.225 e. The Balaban J connectivity index is 1.85. The minimum atomic E-state index is -2.90. The highest BCUT2D eigenvalue weighted by Gasteiger charge is 2.31. The van der Waals surface area contributed by atoms with E-state index in [2.05, 4.69) is 31.0 Å². The molecule has 1 amide bonds. The van der Waals surface area contributed by atoms with Gasteiger partial charge in [0.2, 0.25) is 5.91 Å². The van der Waals surface area contributed by atoms with Gasteiger partial charge in [-0.1, -0.05) is 39.8 Å². The molecular formula is C19H30N2O3S. The monoisotopic (exact) mass is 366 g/mol.